The molecule has 0 N–H and O–H groups in total. The second kappa shape index (κ2) is 5.42. The number of aryl methyl sites for hydroxylation is 3. The molecule has 0 radical (unpaired) electrons. The van der Waals surface area contributed by atoms with Crippen molar-refractivity contribution in [1.29, 1.82) is 0 Å². The molecule has 0 amide bonds. The van der Waals surface area contributed by atoms with Gasteiger partial charge in [0.1, 0.15) is 0 Å². The fraction of sp³-hybridized carbons (Fsp3) is 0.600. The van der Waals surface area contributed by atoms with Crippen molar-refractivity contribution in [3.63, 3.8) is 0 Å². The van der Waals surface area contributed by atoms with Crippen LogP contribution >= 0.6 is 0 Å². The molecule has 0 saturated carbocycles. The number of hydrogen-bond acceptors (Lipinski definition) is 1. The zero-order chi connectivity index (χ0) is 16.2. The predicted molar refractivity (Wildman–Crippen MR) is 96.1 cm³/mol. The first-order valence-corrected chi connectivity index (χ1v) is 8.61. The van der Waals surface area contributed by atoms with Crippen molar-refractivity contribution in [2.75, 3.05) is 14.1 Å². The zero-order valence-corrected chi connectivity index (χ0v) is 15.3. The lowest BCUT2D eigenvalue weighted by atomic mass is 9.91. The highest BCUT2D eigenvalue weighted by atomic mass is 15.1. The van der Waals surface area contributed by atoms with E-state index in [1.165, 1.54) is 47.2 Å². The number of rotatable bonds is 3. The van der Waals surface area contributed by atoms with Crippen LogP contribution < -0.4 is 0 Å². The first-order valence-electron chi connectivity index (χ1n) is 8.61. The van der Waals surface area contributed by atoms with Crippen LogP contribution in [-0.2, 0) is 19.4 Å². The molecule has 1 aromatic carbocycles. The number of hydrogen-bond donors (Lipinski definition) is 0. The van der Waals surface area contributed by atoms with E-state index < -0.39 is 0 Å². The predicted octanol–water partition coefficient (Wildman–Crippen LogP) is 4.31. The minimum Gasteiger partial charge on any atom is -0.344 e. The molecule has 1 aliphatic heterocycles. The van der Waals surface area contributed by atoms with Crippen LogP contribution in [0.25, 0.3) is 10.9 Å². The van der Waals surface area contributed by atoms with Crippen LogP contribution in [0.2, 0.25) is 0 Å². The monoisotopic (exact) mass is 298 g/mol. The summed E-state index contributed by atoms with van der Waals surface area (Å²) in [6.45, 7) is 12.8. The summed E-state index contributed by atoms with van der Waals surface area (Å²) in [5.41, 5.74) is 10.7. The average molecular weight is 298 g/mol. The van der Waals surface area contributed by atoms with Crippen LogP contribution in [0.5, 0.6) is 0 Å². The molecule has 1 aliphatic rings. The molecule has 22 heavy (non-hydrogen) atoms. The summed E-state index contributed by atoms with van der Waals surface area (Å²) in [5.74, 6) is 0. The van der Waals surface area contributed by atoms with E-state index in [0.29, 0.717) is 6.04 Å². The standard InChI is InChI=1S/C20H30N2/c1-12(21(6)7)11-17-18-9-8-10-22(18)20-16(5)14(3)13(2)15(4)19(17)20/h12H,8-11H2,1-7H3. The summed E-state index contributed by atoms with van der Waals surface area (Å²) in [6, 6.07) is 0.581. The summed E-state index contributed by atoms with van der Waals surface area (Å²) in [6.07, 6.45) is 3.72. The van der Waals surface area contributed by atoms with Gasteiger partial charge in [-0.05, 0) is 95.8 Å². The molecule has 2 aromatic rings. The average Bonchev–Trinajstić information content (AvgIpc) is 3.04. The van der Waals surface area contributed by atoms with Crippen LogP contribution in [0.3, 0.4) is 0 Å². The van der Waals surface area contributed by atoms with Crippen LogP contribution in [0.15, 0.2) is 0 Å². The maximum Gasteiger partial charge on any atom is 0.0520 e. The topological polar surface area (TPSA) is 8.17 Å². The van der Waals surface area contributed by atoms with E-state index in [0.717, 1.165) is 6.42 Å². The third-order valence-corrected chi connectivity index (χ3v) is 6.08. The molecule has 1 aromatic heterocycles. The van der Waals surface area contributed by atoms with Crippen molar-refractivity contribution in [3.05, 3.63) is 33.5 Å². The highest BCUT2D eigenvalue weighted by Gasteiger charge is 2.26. The van der Waals surface area contributed by atoms with Crippen LogP contribution in [-0.4, -0.2) is 29.6 Å². The second-order valence-electron chi connectivity index (χ2n) is 7.42. The Morgan fingerprint density at radius 2 is 1.64 bits per heavy atom. The van der Waals surface area contributed by atoms with Crippen molar-refractivity contribution in [3.8, 4) is 0 Å². The molecule has 2 heteroatoms. The quantitative estimate of drug-likeness (QED) is 0.819. The molecule has 1 unspecified atom stereocenters. The number of likely N-dealkylation sites (N-methyl/N-ethyl adjacent to an activating group) is 1. The lowest BCUT2D eigenvalue weighted by molar-refractivity contribution is 0.312. The van der Waals surface area contributed by atoms with Crippen molar-refractivity contribution >= 4 is 10.9 Å². The van der Waals surface area contributed by atoms with Gasteiger partial charge in [-0.1, -0.05) is 0 Å². The van der Waals surface area contributed by atoms with Gasteiger partial charge in [0.25, 0.3) is 0 Å². The van der Waals surface area contributed by atoms with Gasteiger partial charge >= 0.3 is 0 Å². The maximum absolute atomic E-state index is 2.63. The van der Waals surface area contributed by atoms with E-state index in [9.17, 15) is 0 Å². The Morgan fingerprint density at radius 3 is 2.27 bits per heavy atom. The Labute approximate surface area is 135 Å². The van der Waals surface area contributed by atoms with E-state index in [2.05, 4.69) is 58.2 Å². The van der Waals surface area contributed by atoms with E-state index in [1.54, 1.807) is 16.6 Å². The highest BCUT2D eigenvalue weighted by Crippen LogP contribution is 2.39. The van der Waals surface area contributed by atoms with Gasteiger partial charge in [0.15, 0.2) is 0 Å². The Hall–Kier alpha value is -1.28. The fourth-order valence-corrected chi connectivity index (χ4v) is 4.08. The molecule has 0 fully saturated rings. The van der Waals surface area contributed by atoms with Gasteiger partial charge in [-0.25, -0.2) is 0 Å². The van der Waals surface area contributed by atoms with Crippen LogP contribution in [0.1, 0.15) is 46.9 Å². The summed E-state index contributed by atoms with van der Waals surface area (Å²) in [5, 5.41) is 1.56. The van der Waals surface area contributed by atoms with Gasteiger partial charge in [0, 0.05) is 23.7 Å². The first kappa shape index (κ1) is 15.6. The number of aromatic nitrogens is 1. The molecule has 0 spiro atoms. The Morgan fingerprint density at radius 1 is 1.00 bits per heavy atom. The summed E-state index contributed by atoms with van der Waals surface area (Å²) < 4.78 is 2.63. The molecule has 1 atom stereocenters. The van der Waals surface area contributed by atoms with Gasteiger partial charge in [-0.2, -0.15) is 0 Å². The molecule has 0 saturated heterocycles. The molecular weight excluding hydrogens is 268 g/mol. The normalized spacial score (nSPS) is 15.8. The molecule has 3 rings (SSSR count). The minimum atomic E-state index is 0.581. The molecule has 0 aliphatic carbocycles. The van der Waals surface area contributed by atoms with E-state index in [1.807, 2.05) is 0 Å². The summed E-state index contributed by atoms with van der Waals surface area (Å²) in [4.78, 5) is 2.34. The first-order chi connectivity index (χ1) is 10.3. The van der Waals surface area contributed by atoms with Crippen molar-refractivity contribution in [2.24, 2.45) is 0 Å². The number of fused-ring (bicyclic) bond motifs is 3. The minimum absolute atomic E-state index is 0.581. The third kappa shape index (κ3) is 2.11. The van der Waals surface area contributed by atoms with E-state index in [4.69, 9.17) is 0 Å². The Kier molecular flexibility index (Phi) is 3.84. The number of benzene rings is 1. The third-order valence-electron chi connectivity index (χ3n) is 6.08. The summed E-state index contributed by atoms with van der Waals surface area (Å²) in [7, 11) is 4.38. The molecule has 120 valence electrons. The van der Waals surface area contributed by atoms with Gasteiger partial charge in [-0.15, -0.1) is 0 Å². The molecular formula is C20H30N2. The van der Waals surface area contributed by atoms with E-state index in [-0.39, 0.29) is 0 Å². The van der Waals surface area contributed by atoms with Crippen molar-refractivity contribution < 1.29 is 0 Å². The SMILES string of the molecule is Cc1c(C)c(C)c2c(c1C)c(CC(C)N(C)C)c1n2CCC1. The Balaban J connectivity index is 2.32. The maximum atomic E-state index is 2.63. The molecule has 2 nitrogen and oxygen atoms in total. The number of nitrogens with zero attached hydrogens (tertiary/aromatic N) is 2. The van der Waals surface area contributed by atoms with Crippen LogP contribution in [0.4, 0.5) is 0 Å². The lowest BCUT2D eigenvalue weighted by Crippen LogP contribution is -2.27. The van der Waals surface area contributed by atoms with Crippen molar-refractivity contribution in [2.45, 2.75) is 66.5 Å². The van der Waals surface area contributed by atoms with Gasteiger partial charge in [0.05, 0.1) is 5.52 Å². The van der Waals surface area contributed by atoms with Crippen molar-refractivity contribution in [1.82, 2.24) is 9.47 Å². The summed E-state index contributed by atoms with van der Waals surface area (Å²) >= 11 is 0. The largest absolute Gasteiger partial charge is 0.344 e. The van der Waals surface area contributed by atoms with Gasteiger partial charge < -0.3 is 9.47 Å². The molecule has 2 heterocycles. The Bertz CT molecular complexity index is 734. The second-order valence-corrected chi connectivity index (χ2v) is 7.42. The van der Waals surface area contributed by atoms with E-state index >= 15 is 0 Å². The fourth-order valence-electron chi connectivity index (χ4n) is 4.08. The van der Waals surface area contributed by atoms with Gasteiger partial charge in [0.2, 0.25) is 0 Å². The smallest absolute Gasteiger partial charge is 0.0520 e. The van der Waals surface area contributed by atoms with Crippen LogP contribution in [0, 0.1) is 27.7 Å². The molecule has 0 bridgehead atoms. The highest BCUT2D eigenvalue weighted by molar-refractivity contribution is 5.93. The van der Waals surface area contributed by atoms with Gasteiger partial charge in [-0.3, -0.25) is 0 Å². The lowest BCUT2D eigenvalue weighted by Gasteiger charge is -2.21. The zero-order valence-electron chi connectivity index (χ0n) is 15.3.